The molecule has 1 aliphatic heterocycles. The summed E-state index contributed by atoms with van der Waals surface area (Å²) in [6.45, 7) is 6.57. The van der Waals surface area contributed by atoms with Crippen molar-refractivity contribution in [2.75, 3.05) is 26.8 Å². The van der Waals surface area contributed by atoms with E-state index in [4.69, 9.17) is 10.5 Å². The van der Waals surface area contributed by atoms with E-state index in [9.17, 15) is 4.79 Å². The van der Waals surface area contributed by atoms with Crippen molar-refractivity contribution in [1.82, 2.24) is 4.90 Å². The molecule has 1 amide bonds. The number of hydrogen-bond acceptors (Lipinski definition) is 3. The largest absolute Gasteiger partial charge is 0.385 e. The fourth-order valence-electron chi connectivity index (χ4n) is 1.90. The van der Waals surface area contributed by atoms with Crippen molar-refractivity contribution in [2.45, 2.75) is 32.7 Å². The van der Waals surface area contributed by atoms with Gasteiger partial charge in [0.25, 0.3) is 0 Å². The molecule has 1 atom stereocenters. The highest BCUT2D eigenvalue weighted by Gasteiger charge is 2.33. The molecule has 0 saturated carbocycles. The van der Waals surface area contributed by atoms with E-state index in [2.05, 4.69) is 13.8 Å². The molecule has 0 aliphatic carbocycles. The van der Waals surface area contributed by atoms with Crippen LogP contribution >= 0.6 is 0 Å². The standard InChI is InChI=1S/C11H22N2O2/c1-11(2)5-6-13(8-11)10(14)9(12)4-7-15-3/h9H,4-8,12H2,1-3H3. The number of carbonyl (C=O) groups is 1. The first kappa shape index (κ1) is 12.5. The Morgan fingerprint density at radius 1 is 1.60 bits per heavy atom. The van der Waals surface area contributed by atoms with E-state index in [1.165, 1.54) is 0 Å². The van der Waals surface area contributed by atoms with Crippen LogP contribution in [0.4, 0.5) is 0 Å². The number of hydrogen-bond donors (Lipinski definition) is 1. The molecule has 0 bridgehead atoms. The van der Waals surface area contributed by atoms with Gasteiger partial charge in [-0.3, -0.25) is 4.79 Å². The van der Waals surface area contributed by atoms with E-state index in [1.807, 2.05) is 4.90 Å². The Hall–Kier alpha value is -0.610. The number of methoxy groups -OCH3 is 1. The van der Waals surface area contributed by atoms with Crippen LogP contribution in [0.15, 0.2) is 0 Å². The summed E-state index contributed by atoms with van der Waals surface area (Å²) in [6.07, 6.45) is 1.67. The van der Waals surface area contributed by atoms with Gasteiger partial charge in [0.1, 0.15) is 0 Å². The van der Waals surface area contributed by atoms with Crippen molar-refractivity contribution in [2.24, 2.45) is 11.1 Å². The Bertz CT molecular complexity index is 229. The van der Waals surface area contributed by atoms with Crippen molar-refractivity contribution < 1.29 is 9.53 Å². The van der Waals surface area contributed by atoms with Crippen LogP contribution in [0.25, 0.3) is 0 Å². The Morgan fingerprint density at radius 3 is 2.73 bits per heavy atom. The maximum absolute atomic E-state index is 11.9. The zero-order chi connectivity index (χ0) is 11.5. The van der Waals surface area contributed by atoms with E-state index < -0.39 is 6.04 Å². The van der Waals surface area contributed by atoms with Crippen molar-refractivity contribution in [3.63, 3.8) is 0 Å². The molecule has 0 radical (unpaired) electrons. The van der Waals surface area contributed by atoms with Gasteiger partial charge in [-0.2, -0.15) is 0 Å². The molecule has 88 valence electrons. The highest BCUT2D eigenvalue weighted by molar-refractivity contribution is 5.81. The molecule has 1 heterocycles. The first-order valence-electron chi connectivity index (χ1n) is 5.49. The van der Waals surface area contributed by atoms with Crippen LogP contribution in [0.1, 0.15) is 26.7 Å². The minimum atomic E-state index is -0.404. The molecule has 1 fully saturated rings. The van der Waals surface area contributed by atoms with Gasteiger partial charge >= 0.3 is 0 Å². The number of likely N-dealkylation sites (tertiary alicyclic amines) is 1. The molecule has 15 heavy (non-hydrogen) atoms. The molecule has 0 aromatic heterocycles. The first-order valence-corrected chi connectivity index (χ1v) is 5.49. The summed E-state index contributed by atoms with van der Waals surface area (Å²) in [7, 11) is 1.62. The van der Waals surface area contributed by atoms with Crippen molar-refractivity contribution in [3.05, 3.63) is 0 Å². The molecule has 4 heteroatoms. The fourth-order valence-corrected chi connectivity index (χ4v) is 1.90. The summed E-state index contributed by atoms with van der Waals surface area (Å²) in [5.74, 6) is 0.0672. The van der Waals surface area contributed by atoms with Gasteiger partial charge in [-0.1, -0.05) is 13.8 Å². The number of nitrogens with two attached hydrogens (primary N) is 1. The lowest BCUT2D eigenvalue weighted by Gasteiger charge is -2.22. The summed E-state index contributed by atoms with van der Waals surface area (Å²) in [4.78, 5) is 13.8. The maximum atomic E-state index is 11.9. The molecule has 0 aromatic carbocycles. The molecule has 0 spiro atoms. The second-order valence-corrected chi connectivity index (χ2v) is 5.06. The quantitative estimate of drug-likeness (QED) is 0.746. The molecule has 4 nitrogen and oxygen atoms in total. The van der Waals surface area contributed by atoms with Gasteiger partial charge in [0, 0.05) is 26.8 Å². The Morgan fingerprint density at radius 2 is 2.27 bits per heavy atom. The smallest absolute Gasteiger partial charge is 0.239 e. The molecule has 1 saturated heterocycles. The average molecular weight is 214 g/mol. The van der Waals surface area contributed by atoms with E-state index in [-0.39, 0.29) is 11.3 Å². The lowest BCUT2D eigenvalue weighted by molar-refractivity contribution is -0.132. The van der Waals surface area contributed by atoms with Gasteiger partial charge in [-0.05, 0) is 18.3 Å². The Labute approximate surface area is 91.8 Å². The summed E-state index contributed by atoms with van der Waals surface area (Å²) < 4.78 is 4.92. The second-order valence-electron chi connectivity index (χ2n) is 5.06. The van der Waals surface area contributed by atoms with E-state index in [1.54, 1.807) is 7.11 Å². The minimum Gasteiger partial charge on any atom is -0.385 e. The number of rotatable bonds is 4. The fraction of sp³-hybridized carbons (Fsp3) is 0.909. The van der Waals surface area contributed by atoms with Crippen LogP contribution < -0.4 is 5.73 Å². The summed E-state index contributed by atoms with van der Waals surface area (Å²) in [5, 5.41) is 0. The van der Waals surface area contributed by atoms with Crippen LogP contribution in [-0.2, 0) is 9.53 Å². The van der Waals surface area contributed by atoms with E-state index in [0.717, 1.165) is 19.5 Å². The molecule has 2 N–H and O–H groups in total. The van der Waals surface area contributed by atoms with Gasteiger partial charge in [0.15, 0.2) is 0 Å². The lowest BCUT2D eigenvalue weighted by Crippen LogP contribution is -2.43. The van der Waals surface area contributed by atoms with Gasteiger partial charge in [-0.25, -0.2) is 0 Å². The zero-order valence-corrected chi connectivity index (χ0v) is 9.95. The lowest BCUT2D eigenvalue weighted by atomic mass is 9.93. The van der Waals surface area contributed by atoms with Crippen LogP contribution in [0.5, 0.6) is 0 Å². The van der Waals surface area contributed by atoms with E-state index >= 15 is 0 Å². The third-order valence-corrected chi connectivity index (χ3v) is 2.94. The van der Waals surface area contributed by atoms with Crippen LogP contribution in [-0.4, -0.2) is 43.7 Å². The zero-order valence-electron chi connectivity index (χ0n) is 9.95. The number of carbonyl (C=O) groups excluding carboxylic acids is 1. The molecule has 0 aromatic rings. The molecule has 1 rings (SSSR count). The molecular formula is C11H22N2O2. The van der Waals surface area contributed by atoms with Crippen molar-refractivity contribution in [3.8, 4) is 0 Å². The van der Waals surface area contributed by atoms with E-state index in [0.29, 0.717) is 13.0 Å². The first-order chi connectivity index (χ1) is 6.96. The minimum absolute atomic E-state index is 0.0672. The monoisotopic (exact) mass is 214 g/mol. The molecule has 1 unspecified atom stereocenters. The topological polar surface area (TPSA) is 55.6 Å². The third-order valence-electron chi connectivity index (χ3n) is 2.94. The molecule has 1 aliphatic rings. The van der Waals surface area contributed by atoms with Gasteiger partial charge < -0.3 is 15.4 Å². The summed E-state index contributed by atoms with van der Waals surface area (Å²) >= 11 is 0. The van der Waals surface area contributed by atoms with Gasteiger partial charge in [0.05, 0.1) is 6.04 Å². The van der Waals surface area contributed by atoms with Crippen LogP contribution in [0, 0.1) is 5.41 Å². The number of nitrogens with zero attached hydrogens (tertiary/aromatic N) is 1. The Kier molecular flexibility index (Phi) is 4.11. The van der Waals surface area contributed by atoms with Crippen molar-refractivity contribution in [1.29, 1.82) is 0 Å². The van der Waals surface area contributed by atoms with Crippen LogP contribution in [0.3, 0.4) is 0 Å². The normalized spacial score (nSPS) is 21.7. The average Bonchev–Trinajstić information content (AvgIpc) is 2.54. The highest BCUT2D eigenvalue weighted by Crippen LogP contribution is 2.28. The molecular weight excluding hydrogens is 192 g/mol. The number of ether oxygens (including phenoxy) is 1. The van der Waals surface area contributed by atoms with Gasteiger partial charge in [0.2, 0.25) is 5.91 Å². The predicted octanol–water partition coefficient (Wildman–Crippen LogP) is 0.609. The maximum Gasteiger partial charge on any atom is 0.239 e. The van der Waals surface area contributed by atoms with Crippen LogP contribution in [0.2, 0.25) is 0 Å². The number of amides is 1. The summed E-state index contributed by atoms with van der Waals surface area (Å²) in [5.41, 5.74) is 6.05. The predicted molar refractivity (Wildman–Crippen MR) is 59.4 cm³/mol. The van der Waals surface area contributed by atoms with Gasteiger partial charge in [-0.15, -0.1) is 0 Å². The second kappa shape index (κ2) is 4.94. The van der Waals surface area contributed by atoms with Crippen molar-refractivity contribution >= 4 is 5.91 Å². The Balaban J connectivity index is 2.41. The third kappa shape index (κ3) is 3.47. The highest BCUT2D eigenvalue weighted by atomic mass is 16.5. The SMILES string of the molecule is COCCC(N)C(=O)N1CCC(C)(C)C1. The summed E-state index contributed by atoms with van der Waals surface area (Å²) in [6, 6.07) is -0.404.